The molecule has 0 fully saturated rings. The number of carbonyl (C=O) groups excluding carboxylic acids is 1. The Hall–Kier alpha value is -1.37. The number of hydrogen-bond acceptors (Lipinski definition) is 4. The lowest BCUT2D eigenvalue weighted by molar-refractivity contribution is 0.0934. The van der Waals surface area contributed by atoms with Gasteiger partial charge >= 0.3 is 0 Å². The highest BCUT2D eigenvalue weighted by molar-refractivity contribution is 7.09. The van der Waals surface area contributed by atoms with Gasteiger partial charge in [-0.05, 0) is 17.9 Å². The third-order valence-electron chi connectivity index (χ3n) is 2.88. The lowest BCUT2D eigenvalue weighted by atomic mass is 10.1. The van der Waals surface area contributed by atoms with Gasteiger partial charge in [-0.25, -0.2) is 0 Å². The normalized spacial score (nSPS) is 12.3. The number of halogens is 1. The minimum atomic E-state index is -0.319. The van der Waals surface area contributed by atoms with Gasteiger partial charge in [-0.15, -0.1) is 11.3 Å². The molecule has 2 rings (SSSR count). The van der Waals surface area contributed by atoms with Gasteiger partial charge in [0.2, 0.25) is 0 Å². The van der Waals surface area contributed by atoms with E-state index in [1.165, 1.54) is 9.56 Å². The van der Waals surface area contributed by atoms with Crippen LogP contribution in [-0.4, -0.2) is 33.9 Å². The summed E-state index contributed by atoms with van der Waals surface area (Å²) in [5.41, 5.74) is 0.210. The molecule has 2 N–H and O–H groups in total. The summed E-state index contributed by atoms with van der Waals surface area (Å²) >= 11 is 7.55. The number of nitrogens with zero attached hydrogens (tertiary/aromatic N) is 2. The van der Waals surface area contributed by atoms with Gasteiger partial charge in [0.25, 0.3) is 5.91 Å². The van der Waals surface area contributed by atoms with Gasteiger partial charge in [0.1, 0.15) is 0 Å². The Kier molecular flexibility index (Phi) is 5.17. The predicted molar refractivity (Wildman–Crippen MR) is 79.2 cm³/mol. The molecule has 2 heterocycles. The van der Waals surface area contributed by atoms with Crippen LogP contribution in [0.2, 0.25) is 5.02 Å². The fourth-order valence-electron chi connectivity index (χ4n) is 1.85. The molecule has 0 aliphatic carbocycles. The Morgan fingerprint density at radius 3 is 3.00 bits per heavy atom. The minimum absolute atomic E-state index is 0.0138. The fraction of sp³-hybridized carbons (Fsp3) is 0.385. The van der Waals surface area contributed by atoms with Crippen molar-refractivity contribution in [2.75, 3.05) is 13.2 Å². The first-order valence-electron chi connectivity index (χ1n) is 6.20. The van der Waals surface area contributed by atoms with Crippen LogP contribution >= 0.6 is 22.9 Å². The van der Waals surface area contributed by atoms with E-state index in [2.05, 4.69) is 10.4 Å². The standard InChI is InChI=1S/C13H16ClN3O2S/c1-17-7-11(14)12(16-17)13(19)15-6-9(8-18)5-10-3-2-4-20-10/h2-4,7,9,18H,5-6,8H2,1H3,(H,15,19). The second-order valence-electron chi connectivity index (χ2n) is 4.54. The van der Waals surface area contributed by atoms with Crippen LogP contribution in [0.5, 0.6) is 0 Å². The van der Waals surface area contributed by atoms with Crippen LogP contribution in [0.25, 0.3) is 0 Å². The van der Waals surface area contributed by atoms with E-state index in [1.54, 1.807) is 24.6 Å². The zero-order valence-electron chi connectivity index (χ0n) is 11.0. The SMILES string of the molecule is Cn1cc(Cl)c(C(=O)NCC(CO)Cc2cccs2)n1. The Labute approximate surface area is 126 Å². The Bertz CT molecular complexity index is 568. The number of amides is 1. The first-order valence-corrected chi connectivity index (χ1v) is 7.46. The molecule has 1 amide bonds. The van der Waals surface area contributed by atoms with E-state index in [9.17, 15) is 9.90 Å². The van der Waals surface area contributed by atoms with Crippen molar-refractivity contribution in [3.8, 4) is 0 Å². The predicted octanol–water partition coefficient (Wildman–Crippen LogP) is 1.72. The molecule has 0 bridgehead atoms. The molecule has 0 aromatic carbocycles. The first kappa shape index (κ1) is 15.0. The molecule has 0 radical (unpaired) electrons. The number of nitrogens with one attached hydrogen (secondary N) is 1. The van der Waals surface area contributed by atoms with Crippen LogP contribution < -0.4 is 5.32 Å². The molecule has 0 spiro atoms. The quantitative estimate of drug-likeness (QED) is 0.853. The molecular weight excluding hydrogens is 298 g/mol. The Balaban J connectivity index is 1.89. The molecule has 0 saturated carbocycles. The molecule has 108 valence electrons. The van der Waals surface area contributed by atoms with Crippen molar-refractivity contribution in [2.45, 2.75) is 6.42 Å². The number of rotatable bonds is 6. The smallest absolute Gasteiger partial charge is 0.273 e. The van der Waals surface area contributed by atoms with Crippen LogP contribution in [0.1, 0.15) is 15.4 Å². The summed E-state index contributed by atoms with van der Waals surface area (Å²) in [5.74, 6) is -0.333. The zero-order chi connectivity index (χ0) is 14.5. The van der Waals surface area contributed by atoms with Crippen molar-refractivity contribution in [3.05, 3.63) is 39.3 Å². The van der Waals surface area contributed by atoms with E-state index >= 15 is 0 Å². The van der Waals surface area contributed by atoms with Crippen molar-refractivity contribution in [2.24, 2.45) is 13.0 Å². The molecular formula is C13H16ClN3O2S. The molecule has 1 unspecified atom stereocenters. The topological polar surface area (TPSA) is 67.2 Å². The van der Waals surface area contributed by atoms with Crippen LogP contribution in [0.3, 0.4) is 0 Å². The number of aliphatic hydroxyl groups excluding tert-OH is 1. The molecule has 0 aliphatic rings. The summed E-state index contributed by atoms with van der Waals surface area (Å²) in [6.45, 7) is 0.411. The number of hydrogen-bond donors (Lipinski definition) is 2. The number of aryl methyl sites for hydroxylation is 1. The van der Waals surface area contributed by atoms with Crippen molar-refractivity contribution in [1.82, 2.24) is 15.1 Å². The van der Waals surface area contributed by atoms with Gasteiger partial charge < -0.3 is 10.4 Å². The summed E-state index contributed by atoms with van der Waals surface area (Å²) in [4.78, 5) is 13.1. The van der Waals surface area contributed by atoms with Gasteiger partial charge in [0, 0.05) is 37.2 Å². The maximum atomic E-state index is 12.0. The third-order valence-corrected chi connectivity index (χ3v) is 4.05. The summed E-state index contributed by atoms with van der Waals surface area (Å²) in [6.07, 6.45) is 2.32. The van der Waals surface area contributed by atoms with E-state index in [4.69, 9.17) is 11.6 Å². The highest BCUT2D eigenvalue weighted by atomic mass is 35.5. The van der Waals surface area contributed by atoms with Gasteiger partial charge in [0.05, 0.1) is 5.02 Å². The second kappa shape index (κ2) is 6.88. The summed E-state index contributed by atoms with van der Waals surface area (Å²) < 4.78 is 1.49. The molecule has 20 heavy (non-hydrogen) atoms. The largest absolute Gasteiger partial charge is 0.396 e. The van der Waals surface area contributed by atoms with Crippen molar-refractivity contribution in [3.63, 3.8) is 0 Å². The van der Waals surface area contributed by atoms with Crippen molar-refractivity contribution in [1.29, 1.82) is 0 Å². The average Bonchev–Trinajstić information content (AvgIpc) is 3.03. The first-order chi connectivity index (χ1) is 9.60. The number of thiophene rings is 1. The van der Waals surface area contributed by atoms with Crippen LogP contribution in [0, 0.1) is 5.92 Å². The molecule has 0 aliphatic heterocycles. The van der Waals surface area contributed by atoms with Gasteiger partial charge in [-0.3, -0.25) is 9.48 Å². The van der Waals surface area contributed by atoms with Crippen LogP contribution in [0.4, 0.5) is 0 Å². The summed E-state index contributed by atoms with van der Waals surface area (Å²) in [5, 5.41) is 18.5. The molecule has 2 aromatic rings. The van der Waals surface area contributed by atoms with E-state index in [-0.39, 0.29) is 24.1 Å². The maximum absolute atomic E-state index is 12.0. The highest BCUT2D eigenvalue weighted by Crippen LogP contribution is 2.15. The molecule has 7 heteroatoms. The zero-order valence-corrected chi connectivity index (χ0v) is 12.6. The van der Waals surface area contributed by atoms with E-state index in [1.807, 2.05) is 17.5 Å². The Morgan fingerprint density at radius 1 is 1.65 bits per heavy atom. The highest BCUT2D eigenvalue weighted by Gasteiger charge is 2.16. The van der Waals surface area contributed by atoms with Crippen LogP contribution in [0.15, 0.2) is 23.7 Å². The summed E-state index contributed by atoms with van der Waals surface area (Å²) in [6, 6.07) is 3.99. The lowest BCUT2D eigenvalue weighted by Gasteiger charge is -2.13. The van der Waals surface area contributed by atoms with Gasteiger partial charge in [-0.1, -0.05) is 17.7 Å². The number of carbonyl (C=O) groups is 1. The average molecular weight is 314 g/mol. The minimum Gasteiger partial charge on any atom is -0.396 e. The second-order valence-corrected chi connectivity index (χ2v) is 5.98. The molecule has 0 saturated heterocycles. The Morgan fingerprint density at radius 2 is 2.45 bits per heavy atom. The van der Waals surface area contributed by atoms with Crippen molar-refractivity contribution < 1.29 is 9.90 Å². The monoisotopic (exact) mass is 313 g/mol. The van der Waals surface area contributed by atoms with Crippen LogP contribution in [-0.2, 0) is 13.5 Å². The number of aromatic nitrogens is 2. The molecule has 5 nitrogen and oxygen atoms in total. The van der Waals surface area contributed by atoms with Gasteiger partial charge in [0.15, 0.2) is 5.69 Å². The third kappa shape index (κ3) is 3.82. The van der Waals surface area contributed by atoms with Crippen molar-refractivity contribution >= 4 is 28.8 Å². The van der Waals surface area contributed by atoms with E-state index in [0.29, 0.717) is 11.6 Å². The number of aliphatic hydroxyl groups is 1. The molecule has 2 aromatic heterocycles. The van der Waals surface area contributed by atoms with E-state index < -0.39 is 0 Å². The summed E-state index contributed by atoms with van der Waals surface area (Å²) in [7, 11) is 1.70. The fourth-order valence-corrected chi connectivity index (χ4v) is 2.93. The molecule has 1 atom stereocenters. The van der Waals surface area contributed by atoms with Gasteiger partial charge in [-0.2, -0.15) is 5.10 Å². The van der Waals surface area contributed by atoms with E-state index in [0.717, 1.165) is 6.42 Å². The maximum Gasteiger partial charge on any atom is 0.273 e. The lowest BCUT2D eigenvalue weighted by Crippen LogP contribution is -2.32.